The van der Waals surface area contributed by atoms with Crippen molar-refractivity contribution in [3.8, 4) is 5.69 Å². The number of benzene rings is 5. The summed E-state index contributed by atoms with van der Waals surface area (Å²) < 4.78 is 4.63. The Hall–Kier alpha value is -5.08. The maximum atomic E-state index is 3.98. The van der Waals surface area contributed by atoms with Crippen LogP contribution in [0, 0.1) is 0 Å². The van der Waals surface area contributed by atoms with Crippen molar-refractivity contribution in [2.24, 2.45) is 0 Å². The Balaban J connectivity index is 0.000000160. The second-order valence-electron chi connectivity index (χ2n) is 12.2. The smallest absolute Gasteiger partial charge is 0.0541 e. The number of aromatic nitrogens is 2. The number of nitrogens with zero attached hydrogens (tertiary/aromatic N) is 2. The molecule has 0 saturated carbocycles. The number of rotatable bonds is 7. The Kier molecular flexibility index (Phi) is 8.32. The Bertz CT molecular complexity index is 2150. The van der Waals surface area contributed by atoms with Crippen LogP contribution in [0.4, 0.5) is 0 Å². The molecule has 224 valence electrons. The first-order valence-corrected chi connectivity index (χ1v) is 16.0. The van der Waals surface area contributed by atoms with Gasteiger partial charge in [-0.25, -0.2) is 0 Å². The molecule has 7 rings (SSSR count). The normalized spacial score (nSPS) is 12.0. The lowest BCUT2D eigenvalue weighted by Gasteiger charge is -2.23. The Labute approximate surface area is 267 Å². The molecule has 0 N–H and O–H groups in total. The molecule has 2 nitrogen and oxygen atoms in total. The van der Waals surface area contributed by atoms with Gasteiger partial charge in [0.05, 0.1) is 22.1 Å². The molecule has 2 aromatic heterocycles. The molecule has 0 aliphatic heterocycles. The molecule has 45 heavy (non-hydrogen) atoms. The van der Waals surface area contributed by atoms with Gasteiger partial charge in [0.2, 0.25) is 0 Å². The second kappa shape index (κ2) is 12.5. The largest absolute Gasteiger partial charge is 0.309 e. The molecule has 0 saturated heterocycles. The molecule has 0 amide bonds. The third-order valence-electron chi connectivity index (χ3n) is 9.25. The Morgan fingerprint density at radius 2 is 1.22 bits per heavy atom. The van der Waals surface area contributed by atoms with Gasteiger partial charge in [-0.15, -0.1) is 0 Å². The highest BCUT2D eigenvalue weighted by Crippen LogP contribution is 2.36. The maximum absolute atomic E-state index is 3.98. The van der Waals surface area contributed by atoms with E-state index in [1.165, 1.54) is 60.4 Å². The fraction of sp³-hybridized carbons (Fsp3) is 0.163. The van der Waals surface area contributed by atoms with Crippen LogP contribution in [0.15, 0.2) is 147 Å². The van der Waals surface area contributed by atoms with E-state index in [1.54, 1.807) is 0 Å². The third-order valence-corrected chi connectivity index (χ3v) is 9.25. The van der Waals surface area contributed by atoms with Gasteiger partial charge in [-0.2, -0.15) is 0 Å². The van der Waals surface area contributed by atoms with Gasteiger partial charge in [-0.1, -0.05) is 120 Å². The van der Waals surface area contributed by atoms with Gasteiger partial charge < -0.3 is 9.13 Å². The lowest BCUT2D eigenvalue weighted by molar-refractivity contribution is 0.507. The zero-order chi connectivity index (χ0) is 31.6. The van der Waals surface area contributed by atoms with Crippen LogP contribution in [-0.2, 0) is 11.8 Å². The number of allylic oxidation sites excluding steroid dienone is 4. The van der Waals surface area contributed by atoms with Crippen molar-refractivity contribution in [1.29, 1.82) is 0 Å². The fourth-order valence-corrected chi connectivity index (χ4v) is 6.35. The minimum atomic E-state index is 0.176. The number of para-hydroxylation sites is 3. The Morgan fingerprint density at radius 1 is 0.644 bits per heavy atom. The number of aryl methyl sites for hydroxylation is 1. The van der Waals surface area contributed by atoms with Gasteiger partial charge in [0.25, 0.3) is 0 Å². The van der Waals surface area contributed by atoms with Gasteiger partial charge >= 0.3 is 0 Å². The second-order valence-corrected chi connectivity index (χ2v) is 12.2. The molecule has 0 aliphatic carbocycles. The quantitative estimate of drug-likeness (QED) is 0.164. The summed E-state index contributed by atoms with van der Waals surface area (Å²) in [5, 5.41) is 5.20. The molecule has 0 aliphatic rings. The molecule has 0 spiro atoms. The lowest BCUT2D eigenvalue weighted by atomic mass is 9.82. The van der Waals surface area contributed by atoms with Crippen molar-refractivity contribution < 1.29 is 0 Å². The average molecular weight is 587 g/mol. The summed E-state index contributed by atoms with van der Waals surface area (Å²) in [4.78, 5) is 0. The maximum Gasteiger partial charge on any atom is 0.0541 e. The van der Waals surface area contributed by atoms with Gasteiger partial charge in [-0.05, 0) is 84.0 Å². The molecule has 0 unspecified atom stereocenters. The first kappa shape index (κ1) is 30.0. The topological polar surface area (TPSA) is 9.86 Å². The molecular weight excluding hydrogens is 544 g/mol. The summed E-state index contributed by atoms with van der Waals surface area (Å²) >= 11 is 0. The van der Waals surface area contributed by atoms with E-state index in [0.29, 0.717) is 0 Å². The van der Waals surface area contributed by atoms with E-state index in [4.69, 9.17) is 0 Å². The van der Waals surface area contributed by atoms with Crippen LogP contribution < -0.4 is 0 Å². The van der Waals surface area contributed by atoms with Crippen LogP contribution in [0.5, 0.6) is 0 Å². The first-order valence-electron chi connectivity index (χ1n) is 16.0. The van der Waals surface area contributed by atoms with Crippen LogP contribution >= 0.6 is 0 Å². The highest BCUT2D eigenvalue weighted by Gasteiger charge is 2.20. The summed E-state index contributed by atoms with van der Waals surface area (Å²) in [5.41, 5.74) is 10.2. The van der Waals surface area contributed by atoms with Crippen LogP contribution in [0.25, 0.3) is 55.0 Å². The van der Waals surface area contributed by atoms with E-state index in [9.17, 15) is 0 Å². The van der Waals surface area contributed by atoms with Gasteiger partial charge in [0.15, 0.2) is 0 Å². The molecule has 7 aromatic rings. The highest BCUT2D eigenvalue weighted by atomic mass is 15.0. The van der Waals surface area contributed by atoms with E-state index < -0.39 is 0 Å². The third kappa shape index (κ3) is 5.42. The molecule has 0 bridgehead atoms. The molecule has 0 fully saturated rings. The van der Waals surface area contributed by atoms with Crippen molar-refractivity contribution in [2.45, 2.75) is 46.0 Å². The predicted molar refractivity (Wildman–Crippen MR) is 198 cm³/mol. The van der Waals surface area contributed by atoms with Crippen molar-refractivity contribution in [1.82, 2.24) is 9.13 Å². The molecule has 0 radical (unpaired) electrons. The summed E-state index contributed by atoms with van der Waals surface area (Å²) in [7, 11) is 0. The van der Waals surface area contributed by atoms with Gasteiger partial charge in [-0.3, -0.25) is 0 Å². The van der Waals surface area contributed by atoms with E-state index in [2.05, 4.69) is 165 Å². The summed E-state index contributed by atoms with van der Waals surface area (Å²) in [6, 6.07) is 41.5. The summed E-state index contributed by atoms with van der Waals surface area (Å²) in [5.74, 6) is 0. The molecule has 2 heteroatoms. The standard InChI is InChI=1S/C23H25N.C20H17N/c1-6-11-18(7-2)24-21-13-10-9-12-19(21)20-16-17(14-15-22(20)24)23(4,5)8-3;1-2-15-8-7-9-16(14-15)21-19-12-5-3-10-17(19)18-11-4-6-13-20(18)21/h6-7,9-16H,1-2,8H2,3-5H3;3-14H,2H2,1H3/b18-11+;. The molecule has 5 aromatic carbocycles. The zero-order valence-corrected chi connectivity index (χ0v) is 26.9. The number of hydrogen-bond donors (Lipinski definition) is 0. The fourth-order valence-electron chi connectivity index (χ4n) is 6.35. The van der Waals surface area contributed by atoms with E-state index in [1.807, 2.05) is 18.2 Å². The average Bonchev–Trinajstić information content (AvgIpc) is 3.60. The highest BCUT2D eigenvalue weighted by molar-refractivity contribution is 6.11. The lowest BCUT2D eigenvalue weighted by Crippen LogP contribution is -2.15. The van der Waals surface area contributed by atoms with Crippen LogP contribution in [0.1, 0.15) is 45.2 Å². The number of hydrogen-bond acceptors (Lipinski definition) is 0. The monoisotopic (exact) mass is 586 g/mol. The summed E-state index contributed by atoms with van der Waals surface area (Å²) in [6.07, 6.45) is 7.88. The predicted octanol–water partition coefficient (Wildman–Crippen LogP) is 12.0. The minimum Gasteiger partial charge on any atom is -0.309 e. The molecule has 0 atom stereocenters. The van der Waals surface area contributed by atoms with Crippen molar-refractivity contribution in [3.05, 3.63) is 158 Å². The summed E-state index contributed by atoms with van der Waals surface area (Å²) in [6.45, 7) is 16.9. The van der Waals surface area contributed by atoms with Gasteiger partial charge in [0.1, 0.15) is 0 Å². The zero-order valence-electron chi connectivity index (χ0n) is 26.9. The van der Waals surface area contributed by atoms with Crippen molar-refractivity contribution in [2.75, 3.05) is 0 Å². The SMILES string of the molecule is C=C/C=C(\C=C)n1c2ccccc2c2cc(C(C)(C)CC)ccc21.CCc1cccc(-n2c3ccccc3c3ccccc32)c1. The molecular formula is C43H42N2. The van der Waals surface area contributed by atoms with Crippen LogP contribution in [-0.4, -0.2) is 9.13 Å². The van der Waals surface area contributed by atoms with E-state index >= 15 is 0 Å². The first-order chi connectivity index (χ1) is 21.9. The number of fused-ring (bicyclic) bond motifs is 6. The van der Waals surface area contributed by atoms with Crippen LogP contribution in [0.2, 0.25) is 0 Å². The Morgan fingerprint density at radius 3 is 1.80 bits per heavy atom. The van der Waals surface area contributed by atoms with Crippen molar-refractivity contribution in [3.63, 3.8) is 0 Å². The van der Waals surface area contributed by atoms with E-state index in [-0.39, 0.29) is 5.41 Å². The minimum absolute atomic E-state index is 0.176. The van der Waals surface area contributed by atoms with Crippen molar-refractivity contribution >= 4 is 49.3 Å². The van der Waals surface area contributed by atoms with E-state index in [0.717, 1.165) is 18.5 Å². The molecule has 2 heterocycles. The van der Waals surface area contributed by atoms with Gasteiger partial charge in [0, 0.05) is 32.9 Å². The van der Waals surface area contributed by atoms with Crippen LogP contribution in [0.3, 0.4) is 0 Å².